The van der Waals surface area contributed by atoms with Crippen molar-refractivity contribution in [3.05, 3.63) is 216 Å². The Labute approximate surface area is 383 Å². The fourth-order valence-electron chi connectivity index (χ4n) is 9.30. The molecule has 0 spiro atoms. The molecule has 0 bridgehead atoms. The van der Waals surface area contributed by atoms with Crippen molar-refractivity contribution in [1.82, 2.24) is 0 Å². The Hall–Kier alpha value is -7.44. The number of rotatable bonds is 8. The van der Waals surface area contributed by atoms with Crippen LogP contribution in [-0.2, 0) is 10.8 Å². The quantitative estimate of drug-likeness (QED) is 0.111. The van der Waals surface area contributed by atoms with Crippen LogP contribution in [0.2, 0.25) is 0 Å². The topological polar surface area (TPSA) is 6.48 Å². The largest absolute Gasteiger partial charge is 0.310 e. The standard InChI is InChI=1S/C60H48F4N2/c1-59(2,3)41-21-25-43(26-22-41)65(45-33-49(57(63)51(61)35-45)37-13-9-7-10-14-37)53-31-19-39-18-30-48-54(32-20-40-17-29-47(53)55(39)56(40)48)66(44-27-23-42(24-28-44)60(4,5)6)46-34-50(58(64)52(62)36-46)38-15-11-8-12-16-38/h7-36H,1-6H3. The first-order valence-corrected chi connectivity index (χ1v) is 22.3. The maximum absolute atomic E-state index is 16.0. The highest BCUT2D eigenvalue weighted by molar-refractivity contribution is 6.28. The van der Waals surface area contributed by atoms with Crippen LogP contribution in [0.3, 0.4) is 0 Å². The van der Waals surface area contributed by atoms with E-state index in [1.807, 2.05) is 82.6 Å². The zero-order valence-corrected chi connectivity index (χ0v) is 37.7. The number of hydrogen-bond acceptors (Lipinski definition) is 2. The Morgan fingerprint density at radius 1 is 0.348 bits per heavy atom. The summed E-state index contributed by atoms with van der Waals surface area (Å²) in [6.45, 7) is 13.0. The minimum atomic E-state index is -0.951. The number of benzene rings is 10. The first-order chi connectivity index (χ1) is 31.7. The van der Waals surface area contributed by atoms with Gasteiger partial charge < -0.3 is 9.80 Å². The lowest BCUT2D eigenvalue weighted by Gasteiger charge is -2.30. The first-order valence-electron chi connectivity index (χ1n) is 22.3. The van der Waals surface area contributed by atoms with E-state index in [1.165, 1.54) is 12.1 Å². The van der Waals surface area contributed by atoms with E-state index in [9.17, 15) is 0 Å². The van der Waals surface area contributed by atoms with Crippen LogP contribution in [0.5, 0.6) is 0 Å². The Kier molecular flexibility index (Phi) is 10.4. The molecule has 10 aromatic rings. The number of halogens is 4. The van der Waals surface area contributed by atoms with Crippen LogP contribution in [0, 0.1) is 23.3 Å². The average Bonchev–Trinajstić information content (AvgIpc) is 3.31. The molecule has 326 valence electrons. The fourth-order valence-corrected chi connectivity index (χ4v) is 9.30. The van der Waals surface area contributed by atoms with Crippen molar-refractivity contribution in [3.63, 3.8) is 0 Å². The summed E-state index contributed by atoms with van der Waals surface area (Å²) in [6.07, 6.45) is 0. The maximum atomic E-state index is 16.0. The summed E-state index contributed by atoms with van der Waals surface area (Å²) >= 11 is 0. The summed E-state index contributed by atoms with van der Waals surface area (Å²) in [4.78, 5) is 4.01. The van der Waals surface area contributed by atoms with Crippen molar-refractivity contribution >= 4 is 66.4 Å². The second kappa shape index (κ2) is 16.2. The first kappa shape index (κ1) is 42.5. The van der Waals surface area contributed by atoms with Crippen LogP contribution in [0.4, 0.5) is 51.7 Å². The van der Waals surface area contributed by atoms with Crippen molar-refractivity contribution in [3.8, 4) is 22.3 Å². The second-order valence-electron chi connectivity index (χ2n) is 19.2. The Balaban J connectivity index is 1.22. The van der Waals surface area contributed by atoms with Gasteiger partial charge in [0.25, 0.3) is 0 Å². The minimum absolute atomic E-state index is 0.109. The van der Waals surface area contributed by atoms with E-state index in [0.29, 0.717) is 22.5 Å². The summed E-state index contributed by atoms with van der Waals surface area (Å²) < 4.78 is 63.5. The van der Waals surface area contributed by atoms with Gasteiger partial charge in [-0.1, -0.05) is 163 Å². The van der Waals surface area contributed by atoms with E-state index in [1.54, 1.807) is 36.4 Å². The van der Waals surface area contributed by atoms with E-state index in [0.717, 1.165) is 66.2 Å². The molecule has 0 unspecified atom stereocenters. The molecule has 0 amide bonds. The lowest BCUT2D eigenvalue weighted by atomic mass is 9.87. The molecule has 6 heteroatoms. The van der Waals surface area contributed by atoms with Gasteiger partial charge in [-0.05, 0) is 103 Å². The predicted octanol–water partition coefficient (Wildman–Crippen LogP) is 18.0. The Morgan fingerprint density at radius 3 is 1.05 bits per heavy atom. The van der Waals surface area contributed by atoms with Crippen LogP contribution in [0.25, 0.3) is 54.6 Å². The second-order valence-corrected chi connectivity index (χ2v) is 19.2. The molecular formula is C60H48F4N2. The minimum Gasteiger partial charge on any atom is -0.310 e. The third kappa shape index (κ3) is 7.50. The third-order valence-corrected chi connectivity index (χ3v) is 12.8. The molecule has 10 rings (SSSR count). The third-order valence-electron chi connectivity index (χ3n) is 12.8. The molecular weight excluding hydrogens is 825 g/mol. The van der Waals surface area contributed by atoms with E-state index < -0.39 is 23.3 Å². The van der Waals surface area contributed by atoms with Gasteiger partial charge in [0, 0.05) is 56.8 Å². The number of hydrogen-bond donors (Lipinski definition) is 0. The van der Waals surface area contributed by atoms with Crippen molar-refractivity contribution in [1.29, 1.82) is 0 Å². The highest BCUT2D eigenvalue weighted by Crippen LogP contribution is 2.49. The lowest BCUT2D eigenvalue weighted by molar-refractivity contribution is 0.511. The summed E-state index contributed by atoms with van der Waals surface area (Å²) in [5.41, 5.74) is 7.54. The smallest absolute Gasteiger partial charge is 0.166 e. The predicted molar refractivity (Wildman–Crippen MR) is 268 cm³/mol. The van der Waals surface area contributed by atoms with Gasteiger partial charge in [0.1, 0.15) is 0 Å². The highest BCUT2D eigenvalue weighted by atomic mass is 19.2. The van der Waals surface area contributed by atoms with E-state index in [-0.39, 0.29) is 22.0 Å². The zero-order chi connectivity index (χ0) is 46.1. The van der Waals surface area contributed by atoms with Crippen molar-refractivity contribution in [2.75, 3.05) is 9.80 Å². The van der Waals surface area contributed by atoms with Gasteiger partial charge in [-0.25, -0.2) is 17.6 Å². The van der Waals surface area contributed by atoms with E-state index in [2.05, 4.69) is 102 Å². The number of nitrogens with zero attached hydrogens (tertiary/aromatic N) is 2. The van der Waals surface area contributed by atoms with Crippen molar-refractivity contribution in [2.45, 2.75) is 52.4 Å². The van der Waals surface area contributed by atoms with Gasteiger partial charge >= 0.3 is 0 Å². The molecule has 0 saturated carbocycles. The molecule has 0 N–H and O–H groups in total. The molecule has 66 heavy (non-hydrogen) atoms. The maximum Gasteiger partial charge on any atom is 0.166 e. The van der Waals surface area contributed by atoms with Gasteiger partial charge in [0.05, 0.1) is 11.4 Å². The van der Waals surface area contributed by atoms with E-state index >= 15 is 17.6 Å². The zero-order valence-electron chi connectivity index (χ0n) is 37.7. The SMILES string of the molecule is CC(C)(C)c1ccc(N(c2cc(F)c(F)c(-c3ccccc3)c2)c2ccc3ccc4c(N(c5ccc(C(C)(C)C)cc5)c5cc(F)c(F)c(-c6ccccc6)c5)ccc5ccc2c3c54)cc1. The Morgan fingerprint density at radius 2 is 0.697 bits per heavy atom. The number of anilines is 6. The lowest BCUT2D eigenvalue weighted by Crippen LogP contribution is -2.14. The van der Waals surface area contributed by atoms with Crippen LogP contribution in [0.1, 0.15) is 52.7 Å². The van der Waals surface area contributed by atoms with Gasteiger partial charge in [-0.15, -0.1) is 0 Å². The van der Waals surface area contributed by atoms with Crippen LogP contribution in [-0.4, -0.2) is 0 Å². The summed E-state index contributed by atoms with van der Waals surface area (Å²) in [5, 5.41) is 5.72. The normalized spacial score (nSPS) is 12.1. The molecule has 0 aromatic heterocycles. The van der Waals surface area contributed by atoms with Crippen LogP contribution < -0.4 is 9.80 Å². The molecule has 0 radical (unpaired) electrons. The molecule has 0 aliphatic heterocycles. The van der Waals surface area contributed by atoms with Crippen LogP contribution >= 0.6 is 0 Å². The molecule has 0 saturated heterocycles. The highest BCUT2D eigenvalue weighted by Gasteiger charge is 2.26. The summed E-state index contributed by atoms with van der Waals surface area (Å²) in [6, 6.07) is 57.1. The molecule has 0 fully saturated rings. The van der Waals surface area contributed by atoms with Gasteiger partial charge in [0.2, 0.25) is 0 Å². The molecule has 0 atom stereocenters. The van der Waals surface area contributed by atoms with Gasteiger partial charge in [-0.2, -0.15) is 0 Å². The molecule has 0 aliphatic rings. The molecule has 0 heterocycles. The summed E-state index contributed by atoms with van der Waals surface area (Å²) in [7, 11) is 0. The van der Waals surface area contributed by atoms with Gasteiger partial charge in [-0.3, -0.25) is 0 Å². The van der Waals surface area contributed by atoms with Crippen molar-refractivity contribution < 1.29 is 17.6 Å². The fraction of sp³-hybridized carbons (Fsp3) is 0.133. The molecule has 2 nitrogen and oxygen atoms in total. The van der Waals surface area contributed by atoms with Crippen molar-refractivity contribution in [2.24, 2.45) is 0 Å². The average molecular weight is 873 g/mol. The van der Waals surface area contributed by atoms with Gasteiger partial charge in [0.15, 0.2) is 23.3 Å². The molecule has 0 aliphatic carbocycles. The molecule has 10 aromatic carbocycles. The van der Waals surface area contributed by atoms with E-state index in [4.69, 9.17) is 0 Å². The monoisotopic (exact) mass is 872 g/mol. The van der Waals surface area contributed by atoms with Crippen LogP contribution in [0.15, 0.2) is 182 Å². The summed E-state index contributed by atoms with van der Waals surface area (Å²) in [5.74, 6) is -3.72. The Bertz CT molecular complexity index is 3180.